The van der Waals surface area contributed by atoms with Crippen molar-refractivity contribution in [3.63, 3.8) is 0 Å². The predicted octanol–water partition coefficient (Wildman–Crippen LogP) is 2.10. The quantitative estimate of drug-likeness (QED) is 0.629. The lowest BCUT2D eigenvalue weighted by Gasteiger charge is -2.16. The minimum atomic E-state index is -0.199. The van der Waals surface area contributed by atoms with E-state index in [1.807, 2.05) is 13.0 Å². The second-order valence-corrected chi connectivity index (χ2v) is 3.43. The summed E-state index contributed by atoms with van der Waals surface area (Å²) in [4.78, 5) is 10.6. The molecule has 0 aromatic heterocycles. The molecule has 2 N–H and O–H groups in total. The first kappa shape index (κ1) is 11.2. The molecule has 1 amide bonds. The first-order chi connectivity index (χ1) is 5.57. The van der Waals surface area contributed by atoms with Gasteiger partial charge in [0.1, 0.15) is 0 Å². The van der Waals surface area contributed by atoms with Crippen LogP contribution < -0.4 is 5.73 Å². The zero-order valence-corrected chi connectivity index (χ0v) is 8.21. The van der Waals surface area contributed by atoms with Gasteiger partial charge in [0.05, 0.1) is 0 Å². The van der Waals surface area contributed by atoms with Gasteiger partial charge in [-0.3, -0.25) is 4.79 Å². The number of carbonyl (C=O) groups excluding carboxylic acids is 1. The van der Waals surface area contributed by atoms with Gasteiger partial charge >= 0.3 is 0 Å². The van der Waals surface area contributed by atoms with Crippen molar-refractivity contribution in [1.29, 1.82) is 0 Å². The number of hydrogen-bond donors (Lipinski definition) is 1. The summed E-state index contributed by atoms with van der Waals surface area (Å²) < 4.78 is 0. The number of carbonyl (C=O) groups is 1. The minimum absolute atomic E-state index is 0.199. The summed E-state index contributed by atoms with van der Waals surface area (Å²) in [5.41, 5.74) is 5.10. The monoisotopic (exact) mass is 169 g/mol. The fourth-order valence-corrected chi connectivity index (χ4v) is 1.10. The lowest BCUT2D eigenvalue weighted by molar-refractivity contribution is -0.119. The van der Waals surface area contributed by atoms with Gasteiger partial charge in [-0.15, -0.1) is 0 Å². The summed E-state index contributed by atoms with van der Waals surface area (Å²) in [6.45, 7) is 6.22. The third-order valence-corrected chi connectivity index (χ3v) is 2.24. The number of hydrogen-bond acceptors (Lipinski definition) is 1. The van der Waals surface area contributed by atoms with Gasteiger partial charge in [-0.2, -0.15) is 0 Å². The highest BCUT2D eigenvalue weighted by atomic mass is 16.1. The van der Waals surface area contributed by atoms with E-state index < -0.39 is 0 Å². The van der Waals surface area contributed by atoms with Crippen LogP contribution in [0.4, 0.5) is 0 Å². The molecule has 0 radical (unpaired) electrons. The Morgan fingerprint density at radius 2 is 2.00 bits per heavy atom. The maximum atomic E-state index is 10.6. The lowest BCUT2D eigenvalue weighted by atomic mass is 9.90. The molecule has 0 rings (SSSR count). The SMILES string of the molecule is C/C=C/C[C@@H](C)C(C)CC(N)=O. The Labute approximate surface area is 74.8 Å². The Morgan fingerprint density at radius 3 is 2.42 bits per heavy atom. The van der Waals surface area contributed by atoms with Crippen molar-refractivity contribution in [3.8, 4) is 0 Å². The van der Waals surface area contributed by atoms with Gasteiger partial charge in [0, 0.05) is 6.42 Å². The van der Waals surface area contributed by atoms with E-state index in [1.54, 1.807) is 0 Å². The van der Waals surface area contributed by atoms with Gasteiger partial charge in [0.2, 0.25) is 5.91 Å². The fourth-order valence-electron chi connectivity index (χ4n) is 1.10. The van der Waals surface area contributed by atoms with E-state index in [0.29, 0.717) is 18.3 Å². The van der Waals surface area contributed by atoms with E-state index >= 15 is 0 Å². The Bertz CT molecular complexity index is 163. The molecule has 2 nitrogen and oxygen atoms in total. The first-order valence-corrected chi connectivity index (χ1v) is 4.47. The van der Waals surface area contributed by atoms with E-state index in [0.717, 1.165) is 6.42 Å². The second-order valence-electron chi connectivity index (χ2n) is 3.43. The largest absolute Gasteiger partial charge is 0.370 e. The number of allylic oxidation sites excluding steroid dienone is 2. The highest BCUT2D eigenvalue weighted by Gasteiger charge is 2.12. The molecule has 0 heterocycles. The molecular formula is C10H19NO. The maximum absolute atomic E-state index is 10.6. The standard InChI is InChI=1S/C10H19NO/c1-4-5-6-8(2)9(3)7-10(11)12/h4-5,8-9H,6-7H2,1-3H3,(H2,11,12)/b5-4+/t8-,9?/m1/s1. The maximum Gasteiger partial charge on any atom is 0.217 e. The average Bonchev–Trinajstić information content (AvgIpc) is 1.98. The summed E-state index contributed by atoms with van der Waals surface area (Å²) in [5, 5.41) is 0. The highest BCUT2D eigenvalue weighted by molar-refractivity contribution is 5.73. The van der Waals surface area contributed by atoms with Crippen molar-refractivity contribution in [1.82, 2.24) is 0 Å². The first-order valence-electron chi connectivity index (χ1n) is 4.47. The normalized spacial score (nSPS) is 16.2. The van der Waals surface area contributed by atoms with Crippen LogP contribution >= 0.6 is 0 Å². The molecule has 0 saturated heterocycles. The Balaban J connectivity index is 3.75. The number of nitrogens with two attached hydrogens (primary N) is 1. The summed E-state index contributed by atoms with van der Waals surface area (Å²) in [6.07, 6.45) is 5.69. The molecule has 0 aliphatic carbocycles. The average molecular weight is 169 g/mol. The molecular weight excluding hydrogens is 150 g/mol. The molecule has 0 aliphatic rings. The summed E-state index contributed by atoms with van der Waals surface area (Å²) in [7, 11) is 0. The van der Waals surface area contributed by atoms with Crippen molar-refractivity contribution >= 4 is 5.91 Å². The number of rotatable bonds is 5. The number of amides is 1. The van der Waals surface area contributed by atoms with Crippen LogP contribution in [0.5, 0.6) is 0 Å². The zero-order chi connectivity index (χ0) is 9.56. The predicted molar refractivity (Wildman–Crippen MR) is 51.6 cm³/mol. The second kappa shape index (κ2) is 5.81. The van der Waals surface area contributed by atoms with Crippen LogP contribution in [0.3, 0.4) is 0 Å². The molecule has 0 aromatic carbocycles. The topological polar surface area (TPSA) is 43.1 Å². The van der Waals surface area contributed by atoms with Crippen molar-refractivity contribution in [3.05, 3.63) is 12.2 Å². The van der Waals surface area contributed by atoms with E-state index in [4.69, 9.17) is 5.73 Å². The minimum Gasteiger partial charge on any atom is -0.370 e. The van der Waals surface area contributed by atoms with Crippen LogP contribution in [0, 0.1) is 11.8 Å². The number of primary amides is 1. The lowest BCUT2D eigenvalue weighted by Crippen LogP contribution is -2.18. The molecule has 0 fully saturated rings. The Morgan fingerprint density at radius 1 is 1.42 bits per heavy atom. The van der Waals surface area contributed by atoms with Gasteiger partial charge in [0.15, 0.2) is 0 Å². The molecule has 0 spiro atoms. The fraction of sp³-hybridized carbons (Fsp3) is 0.700. The van der Waals surface area contributed by atoms with Crippen LogP contribution in [0.25, 0.3) is 0 Å². The van der Waals surface area contributed by atoms with Crippen molar-refractivity contribution in [2.24, 2.45) is 17.6 Å². The van der Waals surface area contributed by atoms with Crippen molar-refractivity contribution in [2.75, 3.05) is 0 Å². The van der Waals surface area contributed by atoms with Gasteiger partial charge in [-0.1, -0.05) is 26.0 Å². The van der Waals surface area contributed by atoms with Gasteiger partial charge in [0.25, 0.3) is 0 Å². The molecule has 12 heavy (non-hydrogen) atoms. The van der Waals surface area contributed by atoms with Crippen molar-refractivity contribution in [2.45, 2.75) is 33.6 Å². The van der Waals surface area contributed by atoms with Gasteiger partial charge in [-0.05, 0) is 25.2 Å². The molecule has 2 atom stereocenters. The van der Waals surface area contributed by atoms with E-state index in [-0.39, 0.29) is 5.91 Å². The van der Waals surface area contributed by atoms with Crippen molar-refractivity contribution < 1.29 is 4.79 Å². The molecule has 1 unspecified atom stereocenters. The summed E-state index contributed by atoms with van der Waals surface area (Å²) in [5.74, 6) is 0.724. The van der Waals surface area contributed by atoms with E-state index in [9.17, 15) is 4.79 Å². The molecule has 0 aliphatic heterocycles. The van der Waals surface area contributed by atoms with Crippen LogP contribution in [0.1, 0.15) is 33.6 Å². The molecule has 70 valence electrons. The van der Waals surface area contributed by atoms with Gasteiger partial charge in [-0.25, -0.2) is 0 Å². The third-order valence-electron chi connectivity index (χ3n) is 2.24. The Kier molecular flexibility index (Phi) is 5.43. The molecule has 0 bridgehead atoms. The van der Waals surface area contributed by atoms with Crippen LogP contribution in [0.15, 0.2) is 12.2 Å². The summed E-state index contributed by atoms with van der Waals surface area (Å²) in [6, 6.07) is 0. The third kappa shape index (κ3) is 4.94. The zero-order valence-electron chi connectivity index (χ0n) is 8.21. The van der Waals surface area contributed by atoms with Gasteiger partial charge < -0.3 is 5.73 Å². The van der Waals surface area contributed by atoms with E-state index in [1.165, 1.54) is 0 Å². The summed E-state index contributed by atoms with van der Waals surface area (Å²) >= 11 is 0. The highest BCUT2D eigenvalue weighted by Crippen LogP contribution is 2.18. The van der Waals surface area contributed by atoms with E-state index in [2.05, 4.69) is 19.9 Å². The smallest absolute Gasteiger partial charge is 0.217 e. The molecule has 0 saturated carbocycles. The Hall–Kier alpha value is -0.790. The molecule has 2 heteroatoms. The molecule has 0 aromatic rings. The van der Waals surface area contributed by atoms with Crippen LogP contribution in [-0.4, -0.2) is 5.91 Å². The van der Waals surface area contributed by atoms with Crippen LogP contribution in [-0.2, 0) is 4.79 Å². The van der Waals surface area contributed by atoms with Crippen LogP contribution in [0.2, 0.25) is 0 Å².